The lowest BCUT2D eigenvalue weighted by atomic mass is 9.71. The zero-order chi connectivity index (χ0) is 17.9. The van der Waals surface area contributed by atoms with E-state index in [1.165, 1.54) is 5.56 Å². The maximum absolute atomic E-state index is 12.7. The summed E-state index contributed by atoms with van der Waals surface area (Å²) in [4.78, 5) is 21.3. The molecule has 0 radical (unpaired) electrons. The number of piperazine rings is 1. The zero-order valence-corrected chi connectivity index (χ0v) is 14.7. The maximum Gasteiger partial charge on any atom is 0.225 e. The monoisotopic (exact) mass is 346 g/mol. The third kappa shape index (κ3) is 3.28. The largest absolute Gasteiger partial charge is 0.353 e. The molecule has 1 saturated heterocycles. The number of carbonyl (C=O) groups excluding carboxylic acids is 1. The van der Waals surface area contributed by atoms with E-state index >= 15 is 0 Å². The van der Waals surface area contributed by atoms with E-state index in [9.17, 15) is 4.79 Å². The van der Waals surface area contributed by atoms with Gasteiger partial charge in [0, 0.05) is 38.3 Å². The minimum absolute atomic E-state index is 0.173. The lowest BCUT2D eigenvalue weighted by molar-refractivity contribution is -0.139. The summed E-state index contributed by atoms with van der Waals surface area (Å²) < 4.78 is 0. The quantitative estimate of drug-likeness (QED) is 0.857. The van der Waals surface area contributed by atoms with Crippen molar-refractivity contribution >= 4 is 11.7 Å². The number of amides is 1. The van der Waals surface area contributed by atoms with E-state index in [4.69, 9.17) is 5.26 Å². The molecule has 4 rings (SSSR count). The van der Waals surface area contributed by atoms with Crippen molar-refractivity contribution in [3.8, 4) is 6.07 Å². The number of benzene rings is 1. The Kier molecular flexibility index (Phi) is 4.57. The van der Waals surface area contributed by atoms with Crippen molar-refractivity contribution in [1.82, 2.24) is 9.88 Å². The number of pyridine rings is 1. The van der Waals surface area contributed by atoms with E-state index in [-0.39, 0.29) is 5.92 Å². The molecule has 1 aliphatic carbocycles. The summed E-state index contributed by atoms with van der Waals surface area (Å²) in [5.41, 5.74) is 1.97. The second kappa shape index (κ2) is 7.17. The Morgan fingerprint density at radius 3 is 2.50 bits per heavy atom. The summed E-state index contributed by atoms with van der Waals surface area (Å²) in [6.45, 7) is 2.98. The van der Waals surface area contributed by atoms with Crippen LogP contribution in [0.25, 0.3) is 0 Å². The number of nitrogens with zero attached hydrogens (tertiary/aromatic N) is 4. The average molecular weight is 346 g/mol. The molecule has 0 N–H and O–H groups in total. The van der Waals surface area contributed by atoms with Gasteiger partial charge in [0.05, 0.1) is 11.6 Å². The van der Waals surface area contributed by atoms with E-state index in [0.29, 0.717) is 17.4 Å². The van der Waals surface area contributed by atoms with Crippen LogP contribution in [0.2, 0.25) is 0 Å². The van der Waals surface area contributed by atoms with E-state index in [0.717, 1.165) is 44.8 Å². The van der Waals surface area contributed by atoms with Gasteiger partial charge in [-0.05, 0) is 36.5 Å². The summed E-state index contributed by atoms with van der Waals surface area (Å²) in [5.74, 6) is 1.83. The molecule has 0 unspecified atom stereocenters. The average Bonchev–Trinajstić information content (AvgIpc) is 2.68. The molecule has 2 aliphatic rings. The first-order valence-electron chi connectivity index (χ1n) is 9.19. The summed E-state index contributed by atoms with van der Waals surface area (Å²) in [5, 5.41) is 9.02. The summed E-state index contributed by atoms with van der Waals surface area (Å²) in [6, 6.07) is 16.2. The molecule has 132 valence electrons. The Morgan fingerprint density at radius 2 is 1.81 bits per heavy atom. The second-order valence-electron chi connectivity index (χ2n) is 7.10. The Morgan fingerprint density at radius 1 is 1.08 bits per heavy atom. The molecule has 2 fully saturated rings. The topological polar surface area (TPSA) is 60.2 Å². The van der Waals surface area contributed by atoms with Gasteiger partial charge in [-0.3, -0.25) is 4.79 Å². The highest BCUT2D eigenvalue weighted by Crippen LogP contribution is 2.42. The number of aromatic nitrogens is 1. The van der Waals surface area contributed by atoms with Gasteiger partial charge in [0.25, 0.3) is 0 Å². The van der Waals surface area contributed by atoms with E-state index < -0.39 is 0 Å². The predicted octanol–water partition coefficient (Wildman–Crippen LogP) is 2.80. The molecule has 1 saturated carbocycles. The van der Waals surface area contributed by atoms with Crippen molar-refractivity contribution in [1.29, 1.82) is 5.26 Å². The smallest absolute Gasteiger partial charge is 0.225 e. The van der Waals surface area contributed by atoms with Gasteiger partial charge in [0.1, 0.15) is 5.82 Å². The fraction of sp³-hybridized carbons (Fsp3) is 0.381. The van der Waals surface area contributed by atoms with Crippen LogP contribution >= 0.6 is 0 Å². The van der Waals surface area contributed by atoms with Crippen LogP contribution in [0.5, 0.6) is 0 Å². The van der Waals surface area contributed by atoms with Gasteiger partial charge in [0.15, 0.2) is 0 Å². The molecule has 2 aromatic rings. The molecule has 0 atom stereocenters. The molecular formula is C21H22N4O. The minimum Gasteiger partial charge on any atom is -0.353 e. The molecule has 1 aromatic carbocycles. The standard InChI is InChI=1S/C21H22N4O/c22-15-16-6-7-23-20(12-16)24-8-10-25(11-9-24)21(26)19-13-18(14-19)17-4-2-1-3-5-17/h1-7,12,18-19H,8-11,13-14H2. The van der Waals surface area contributed by atoms with Crippen LogP contribution in [0.3, 0.4) is 0 Å². The number of anilines is 1. The Hall–Kier alpha value is -2.87. The minimum atomic E-state index is 0.173. The summed E-state index contributed by atoms with van der Waals surface area (Å²) in [7, 11) is 0. The van der Waals surface area contributed by atoms with Crippen LogP contribution in [0, 0.1) is 17.2 Å². The van der Waals surface area contributed by atoms with Crippen molar-refractivity contribution < 1.29 is 4.79 Å². The molecule has 1 aliphatic heterocycles. The van der Waals surface area contributed by atoms with Gasteiger partial charge < -0.3 is 9.80 Å². The molecule has 5 heteroatoms. The Balaban J connectivity index is 1.30. The number of carbonyl (C=O) groups is 1. The lowest BCUT2D eigenvalue weighted by Crippen LogP contribution is -2.52. The number of rotatable bonds is 3. The Labute approximate surface area is 153 Å². The molecule has 1 aromatic heterocycles. The van der Waals surface area contributed by atoms with Crippen molar-refractivity contribution in [3.05, 3.63) is 59.8 Å². The highest BCUT2D eigenvalue weighted by atomic mass is 16.2. The molecular weight excluding hydrogens is 324 g/mol. The molecule has 0 bridgehead atoms. The number of nitriles is 1. The molecule has 26 heavy (non-hydrogen) atoms. The first-order valence-corrected chi connectivity index (χ1v) is 9.19. The first-order chi connectivity index (χ1) is 12.7. The molecule has 2 heterocycles. The van der Waals surface area contributed by atoms with Crippen LogP contribution in [0.15, 0.2) is 48.7 Å². The van der Waals surface area contributed by atoms with E-state index in [2.05, 4.69) is 40.2 Å². The summed E-state index contributed by atoms with van der Waals surface area (Å²) >= 11 is 0. The maximum atomic E-state index is 12.7. The van der Waals surface area contributed by atoms with E-state index in [1.807, 2.05) is 17.0 Å². The van der Waals surface area contributed by atoms with Gasteiger partial charge in [-0.25, -0.2) is 4.98 Å². The SMILES string of the molecule is N#Cc1ccnc(N2CCN(C(=O)C3CC(c4ccccc4)C3)CC2)c1. The van der Waals surface area contributed by atoms with Crippen LogP contribution in [-0.4, -0.2) is 42.0 Å². The number of hydrogen-bond donors (Lipinski definition) is 0. The van der Waals surface area contributed by atoms with Crippen molar-refractivity contribution in [3.63, 3.8) is 0 Å². The van der Waals surface area contributed by atoms with Crippen LogP contribution in [-0.2, 0) is 4.79 Å². The Bertz CT molecular complexity index is 815. The fourth-order valence-electron chi connectivity index (χ4n) is 3.89. The normalized spacial score (nSPS) is 22.4. The third-order valence-electron chi connectivity index (χ3n) is 5.55. The molecule has 5 nitrogen and oxygen atoms in total. The van der Waals surface area contributed by atoms with Crippen LogP contribution in [0.1, 0.15) is 29.9 Å². The molecule has 0 spiro atoms. The van der Waals surface area contributed by atoms with Gasteiger partial charge >= 0.3 is 0 Å². The third-order valence-corrected chi connectivity index (χ3v) is 5.55. The highest BCUT2D eigenvalue weighted by Gasteiger charge is 2.38. The van der Waals surface area contributed by atoms with Gasteiger partial charge in [-0.15, -0.1) is 0 Å². The summed E-state index contributed by atoms with van der Waals surface area (Å²) in [6.07, 6.45) is 3.60. The zero-order valence-electron chi connectivity index (χ0n) is 14.7. The first kappa shape index (κ1) is 16.6. The van der Waals surface area contributed by atoms with Gasteiger partial charge in [0.2, 0.25) is 5.91 Å². The van der Waals surface area contributed by atoms with Crippen LogP contribution in [0.4, 0.5) is 5.82 Å². The predicted molar refractivity (Wildman–Crippen MR) is 99.7 cm³/mol. The highest BCUT2D eigenvalue weighted by molar-refractivity contribution is 5.80. The second-order valence-corrected chi connectivity index (χ2v) is 7.10. The fourth-order valence-corrected chi connectivity index (χ4v) is 3.89. The molecule has 1 amide bonds. The number of hydrogen-bond acceptors (Lipinski definition) is 4. The van der Waals surface area contributed by atoms with Crippen molar-refractivity contribution in [2.24, 2.45) is 5.92 Å². The van der Waals surface area contributed by atoms with Gasteiger partial charge in [-0.1, -0.05) is 30.3 Å². The van der Waals surface area contributed by atoms with Crippen molar-refractivity contribution in [2.75, 3.05) is 31.1 Å². The van der Waals surface area contributed by atoms with Crippen LogP contribution < -0.4 is 4.90 Å². The van der Waals surface area contributed by atoms with E-state index in [1.54, 1.807) is 12.3 Å². The lowest BCUT2D eigenvalue weighted by Gasteiger charge is -2.41. The van der Waals surface area contributed by atoms with Crippen molar-refractivity contribution in [2.45, 2.75) is 18.8 Å². The van der Waals surface area contributed by atoms with Gasteiger partial charge in [-0.2, -0.15) is 5.26 Å².